The molecular weight excluding hydrogens is 414 g/mol. The molecule has 0 saturated carbocycles. The van der Waals surface area contributed by atoms with Gasteiger partial charge in [0, 0.05) is 29.9 Å². The molecule has 0 fully saturated rings. The summed E-state index contributed by atoms with van der Waals surface area (Å²) in [6.07, 6.45) is 4.62. The van der Waals surface area contributed by atoms with Crippen molar-refractivity contribution in [1.82, 2.24) is 10.3 Å². The number of pyridine rings is 1. The lowest BCUT2D eigenvalue weighted by atomic mass is 9.98. The highest BCUT2D eigenvalue weighted by Crippen LogP contribution is 2.28. The van der Waals surface area contributed by atoms with E-state index in [1.807, 2.05) is 18.3 Å². The summed E-state index contributed by atoms with van der Waals surface area (Å²) in [5.74, 6) is -1.20. The maximum atomic E-state index is 12.4. The molecule has 0 bridgehead atoms. The molecule has 33 heavy (non-hydrogen) atoms. The van der Waals surface area contributed by atoms with E-state index in [-0.39, 0.29) is 12.3 Å². The molecule has 1 heterocycles. The highest BCUT2D eigenvalue weighted by molar-refractivity contribution is 5.96. The topological polar surface area (TPSA) is 105 Å². The first-order valence-electron chi connectivity index (χ1n) is 10.8. The van der Waals surface area contributed by atoms with E-state index in [1.54, 1.807) is 30.5 Å². The molecule has 0 radical (unpaired) electrons. The lowest BCUT2D eigenvalue weighted by molar-refractivity contribution is -0.138. The summed E-state index contributed by atoms with van der Waals surface area (Å²) in [7, 11) is 0. The van der Waals surface area contributed by atoms with Gasteiger partial charge >= 0.3 is 5.97 Å². The number of fused-ring (bicyclic) bond motifs is 1. The van der Waals surface area contributed by atoms with Crippen LogP contribution in [-0.4, -0.2) is 34.6 Å². The average Bonchev–Trinajstić information content (AvgIpc) is 2.84. The Hall–Kier alpha value is -4.03. The summed E-state index contributed by atoms with van der Waals surface area (Å²) in [6.45, 7) is 0.518. The summed E-state index contributed by atoms with van der Waals surface area (Å²) in [5, 5.41) is 14.1. The fraction of sp³-hybridized carbons (Fsp3) is 0.148. The third-order valence-corrected chi connectivity index (χ3v) is 5.63. The standard InChI is InChI=1S/C27H25N3O3/c28-25(27(32)33)16-19-6-10-21(11-7-19)26(31)30-15-12-18-4-8-20(9-5-18)23-3-1-2-22-17-29-14-13-24(22)23/h1-11,13-14,17,25H,12,15-16,28H2,(H,30,31)(H,32,33)/t25-/m0/s1. The number of hydrogen-bond acceptors (Lipinski definition) is 4. The third-order valence-electron chi connectivity index (χ3n) is 5.63. The number of carbonyl (C=O) groups excluding carboxylic acids is 1. The first-order valence-corrected chi connectivity index (χ1v) is 10.8. The van der Waals surface area contributed by atoms with E-state index in [0.717, 1.165) is 28.5 Å². The first-order chi connectivity index (χ1) is 16.0. The van der Waals surface area contributed by atoms with Gasteiger partial charge in [0.25, 0.3) is 5.91 Å². The lowest BCUT2D eigenvalue weighted by Gasteiger charge is -2.09. The van der Waals surface area contributed by atoms with Gasteiger partial charge in [-0.1, -0.05) is 54.6 Å². The monoisotopic (exact) mass is 439 g/mol. The molecule has 0 saturated heterocycles. The normalized spacial score (nSPS) is 11.8. The van der Waals surface area contributed by atoms with E-state index >= 15 is 0 Å². The molecule has 6 nitrogen and oxygen atoms in total. The summed E-state index contributed by atoms with van der Waals surface area (Å²) < 4.78 is 0. The fourth-order valence-corrected chi connectivity index (χ4v) is 3.78. The van der Waals surface area contributed by atoms with Crippen molar-refractivity contribution in [2.24, 2.45) is 5.73 Å². The maximum Gasteiger partial charge on any atom is 0.320 e. The Labute approximate surface area is 192 Å². The molecule has 3 aromatic carbocycles. The van der Waals surface area contributed by atoms with Gasteiger partial charge in [-0.05, 0) is 58.7 Å². The Morgan fingerprint density at radius 2 is 1.67 bits per heavy atom. The predicted octanol–water partition coefficient (Wildman–Crippen LogP) is 3.83. The van der Waals surface area contributed by atoms with Gasteiger partial charge in [0.05, 0.1) is 0 Å². The first kappa shape index (κ1) is 22.2. The van der Waals surface area contributed by atoms with Crippen LogP contribution in [0.25, 0.3) is 21.9 Å². The van der Waals surface area contributed by atoms with Gasteiger partial charge in [-0.15, -0.1) is 0 Å². The molecule has 1 amide bonds. The van der Waals surface area contributed by atoms with E-state index < -0.39 is 12.0 Å². The zero-order valence-corrected chi connectivity index (χ0v) is 18.1. The molecule has 0 unspecified atom stereocenters. The molecule has 6 heteroatoms. The van der Waals surface area contributed by atoms with Crippen LogP contribution in [0.2, 0.25) is 0 Å². The second-order valence-corrected chi connectivity index (χ2v) is 7.95. The maximum absolute atomic E-state index is 12.4. The van der Waals surface area contributed by atoms with Crippen molar-refractivity contribution >= 4 is 22.6 Å². The molecule has 4 rings (SSSR count). The van der Waals surface area contributed by atoms with Crippen molar-refractivity contribution in [2.45, 2.75) is 18.9 Å². The third kappa shape index (κ3) is 5.42. The number of carboxylic acid groups (broad SMARTS) is 1. The quantitative estimate of drug-likeness (QED) is 0.387. The van der Waals surface area contributed by atoms with Crippen molar-refractivity contribution in [3.05, 3.63) is 102 Å². The number of carboxylic acids is 1. The SMILES string of the molecule is N[C@@H](Cc1ccc(C(=O)NCCc2ccc(-c3cccc4cnccc34)cc2)cc1)C(=O)O. The Bertz CT molecular complexity index is 1260. The van der Waals surface area contributed by atoms with Crippen LogP contribution in [-0.2, 0) is 17.6 Å². The number of aliphatic carboxylic acids is 1. The van der Waals surface area contributed by atoms with Gasteiger partial charge in [0.1, 0.15) is 6.04 Å². The summed E-state index contributed by atoms with van der Waals surface area (Å²) in [4.78, 5) is 27.5. The number of nitrogens with zero attached hydrogens (tertiary/aromatic N) is 1. The Morgan fingerprint density at radius 1 is 0.939 bits per heavy atom. The van der Waals surface area contributed by atoms with E-state index in [4.69, 9.17) is 10.8 Å². The van der Waals surface area contributed by atoms with E-state index in [0.29, 0.717) is 12.1 Å². The van der Waals surface area contributed by atoms with E-state index in [1.165, 1.54) is 10.9 Å². The molecule has 0 spiro atoms. The van der Waals surface area contributed by atoms with E-state index in [9.17, 15) is 9.59 Å². The van der Waals surface area contributed by atoms with Crippen LogP contribution < -0.4 is 11.1 Å². The number of hydrogen-bond donors (Lipinski definition) is 3. The summed E-state index contributed by atoms with van der Waals surface area (Å²) >= 11 is 0. The van der Waals surface area contributed by atoms with Gasteiger partial charge in [-0.25, -0.2) is 0 Å². The minimum atomic E-state index is -1.04. The number of benzene rings is 3. The van der Waals surface area contributed by atoms with E-state index in [2.05, 4.69) is 46.7 Å². The minimum Gasteiger partial charge on any atom is -0.480 e. The molecule has 0 aliphatic heterocycles. The molecule has 4 aromatic rings. The molecule has 4 N–H and O–H groups in total. The van der Waals surface area contributed by atoms with Gasteiger partial charge in [0.2, 0.25) is 0 Å². The fourth-order valence-electron chi connectivity index (χ4n) is 3.78. The van der Waals surface area contributed by atoms with Crippen molar-refractivity contribution in [1.29, 1.82) is 0 Å². The predicted molar refractivity (Wildman–Crippen MR) is 129 cm³/mol. The Balaban J connectivity index is 1.32. The molecule has 0 aliphatic carbocycles. The van der Waals surface area contributed by atoms with Crippen molar-refractivity contribution < 1.29 is 14.7 Å². The van der Waals surface area contributed by atoms with Crippen LogP contribution in [0.15, 0.2) is 85.2 Å². The average molecular weight is 440 g/mol. The second-order valence-electron chi connectivity index (χ2n) is 7.95. The van der Waals surface area contributed by atoms with Crippen LogP contribution in [0.1, 0.15) is 21.5 Å². The zero-order chi connectivity index (χ0) is 23.2. The summed E-state index contributed by atoms with van der Waals surface area (Å²) in [5.41, 5.74) is 10.3. The largest absolute Gasteiger partial charge is 0.480 e. The van der Waals surface area contributed by atoms with Crippen LogP contribution in [0.5, 0.6) is 0 Å². The van der Waals surface area contributed by atoms with Gasteiger partial charge in [-0.3, -0.25) is 14.6 Å². The number of amides is 1. The van der Waals surface area contributed by atoms with Gasteiger partial charge < -0.3 is 16.2 Å². The Morgan fingerprint density at radius 3 is 2.39 bits per heavy atom. The number of carbonyl (C=O) groups is 2. The minimum absolute atomic E-state index is 0.162. The number of aromatic nitrogens is 1. The highest BCUT2D eigenvalue weighted by Gasteiger charge is 2.12. The van der Waals surface area contributed by atoms with Gasteiger partial charge in [-0.2, -0.15) is 0 Å². The van der Waals surface area contributed by atoms with Crippen molar-refractivity contribution in [3.8, 4) is 11.1 Å². The van der Waals surface area contributed by atoms with Crippen LogP contribution in [0.4, 0.5) is 0 Å². The second kappa shape index (κ2) is 10.1. The smallest absolute Gasteiger partial charge is 0.320 e. The molecule has 1 aromatic heterocycles. The molecular formula is C27H25N3O3. The van der Waals surface area contributed by atoms with Crippen LogP contribution in [0.3, 0.4) is 0 Å². The zero-order valence-electron chi connectivity index (χ0n) is 18.1. The highest BCUT2D eigenvalue weighted by atomic mass is 16.4. The Kier molecular flexibility index (Phi) is 6.76. The lowest BCUT2D eigenvalue weighted by Crippen LogP contribution is -2.32. The molecule has 0 aliphatic rings. The van der Waals surface area contributed by atoms with Crippen molar-refractivity contribution in [2.75, 3.05) is 6.54 Å². The summed E-state index contributed by atoms with van der Waals surface area (Å²) in [6, 6.07) is 22.5. The number of nitrogens with one attached hydrogen (secondary N) is 1. The van der Waals surface area contributed by atoms with Crippen LogP contribution >= 0.6 is 0 Å². The molecule has 166 valence electrons. The van der Waals surface area contributed by atoms with Crippen LogP contribution in [0, 0.1) is 0 Å². The molecule has 1 atom stereocenters. The number of nitrogens with two attached hydrogens (primary N) is 1. The van der Waals surface area contributed by atoms with Crippen molar-refractivity contribution in [3.63, 3.8) is 0 Å². The van der Waals surface area contributed by atoms with Gasteiger partial charge in [0.15, 0.2) is 0 Å². The number of rotatable bonds is 8.